The highest BCUT2D eigenvalue weighted by Crippen LogP contribution is 2.24. The largest absolute Gasteiger partial charge is 0.445 e. The molecule has 0 aromatic carbocycles. The van der Waals surface area contributed by atoms with E-state index in [4.69, 9.17) is 9.52 Å². The highest BCUT2D eigenvalue weighted by molar-refractivity contribution is 9.10. The topological polar surface area (TPSA) is 46.3 Å². The van der Waals surface area contributed by atoms with Crippen molar-refractivity contribution in [3.05, 3.63) is 28.6 Å². The van der Waals surface area contributed by atoms with Gasteiger partial charge in [0.05, 0.1) is 16.5 Å². The Labute approximate surface area is 77.2 Å². The molecule has 1 N–H and O–H groups in total. The maximum Gasteiger partial charge on any atom is 0.227 e. The molecule has 0 atom stereocenters. The van der Waals surface area contributed by atoms with Crippen LogP contribution in [0.2, 0.25) is 0 Å². The molecule has 0 aliphatic rings. The molecule has 0 amide bonds. The quantitative estimate of drug-likeness (QED) is 0.812. The monoisotopic (exact) mass is 227 g/mol. The van der Waals surface area contributed by atoms with Gasteiger partial charge in [-0.15, -0.1) is 0 Å². The Morgan fingerprint density at radius 2 is 2.42 bits per heavy atom. The molecule has 4 heteroatoms. The first-order valence-corrected chi connectivity index (χ1v) is 4.23. The lowest BCUT2D eigenvalue weighted by atomic mass is 10.2. The van der Waals surface area contributed by atoms with Crippen molar-refractivity contribution in [2.24, 2.45) is 0 Å². The molecule has 12 heavy (non-hydrogen) atoms. The summed E-state index contributed by atoms with van der Waals surface area (Å²) < 4.78 is 5.97. The van der Waals surface area contributed by atoms with Crippen molar-refractivity contribution in [3.8, 4) is 0 Å². The average molecular weight is 228 g/mol. The van der Waals surface area contributed by atoms with Crippen LogP contribution >= 0.6 is 15.9 Å². The maximum absolute atomic E-state index is 8.84. The second-order valence-corrected chi connectivity index (χ2v) is 3.29. The lowest BCUT2D eigenvalue weighted by Gasteiger charge is -1.93. The van der Waals surface area contributed by atoms with E-state index in [-0.39, 0.29) is 6.61 Å². The zero-order valence-corrected chi connectivity index (χ0v) is 7.71. The predicted molar refractivity (Wildman–Crippen MR) is 47.6 cm³/mol. The first-order chi connectivity index (χ1) is 5.81. The van der Waals surface area contributed by atoms with E-state index < -0.39 is 0 Å². The fourth-order valence-electron chi connectivity index (χ4n) is 1.02. The first kappa shape index (κ1) is 7.76. The Kier molecular flexibility index (Phi) is 1.86. The van der Waals surface area contributed by atoms with Crippen LogP contribution in [0.5, 0.6) is 0 Å². The number of halogens is 1. The molecule has 3 nitrogen and oxygen atoms in total. The molecule has 0 fully saturated rings. The highest BCUT2D eigenvalue weighted by atomic mass is 79.9. The molecule has 0 aliphatic carbocycles. The number of hydrogen-bond acceptors (Lipinski definition) is 3. The van der Waals surface area contributed by atoms with E-state index in [1.165, 1.54) is 0 Å². The summed E-state index contributed by atoms with van der Waals surface area (Å²) in [6.45, 7) is 0.000556. The Balaban J connectivity index is 2.71. The number of fused-ring (bicyclic) bond motifs is 1. The van der Waals surface area contributed by atoms with Crippen molar-refractivity contribution in [1.29, 1.82) is 0 Å². The van der Waals surface area contributed by atoms with Gasteiger partial charge in [-0.25, -0.2) is 4.98 Å². The summed E-state index contributed by atoms with van der Waals surface area (Å²) in [5, 5.41) is 9.73. The fourth-order valence-corrected chi connectivity index (χ4v) is 1.40. The van der Waals surface area contributed by atoms with Crippen molar-refractivity contribution in [2.45, 2.75) is 6.61 Å². The molecular formula is C8H6BrNO2. The van der Waals surface area contributed by atoms with Gasteiger partial charge in [0.1, 0.15) is 6.26 Å². The molecule has 0 bridgehead atoms. The van der Waals surface area contributed by atoms with E-state index in [2.05, 4.69) is 20.9 Å². The number of nitrogens with zero attached hydrogens (tertiary/aromatic N) is 1. The van der Waals surface area contributed by atoms with Crippen LogP contribution in [0.15, 0.2) is 27.4 Å². The summed E-state index contributed by atoms with van der Waals surface area (Å²) in [5.74, 6) is 0. The summed E-state index contributed by atoms with van der Waals surface area (Å²) >= 11 is 3.31. The van der Waals surface area contributed by atoms with Gasteiger partial charge < -0.3 is 9.52 Å². The first-order valence-electron chi connectivity index (χ1n) is 3.44. The van der Waals surface area contributed by atoms with Gasteiger partial charge in [-0.2, -0.15) is 0 Å². The maximum atomic E-state index is 8.84. The van der Waals surface area contributed by atoms with Crippen LogP contribution in [-0.2, 0) is 6.61 Å². The van der Waals surface area contributed by atoms with Crippen molar-refractivity contribution >= 4 is 27.0 Å². The van der Waals surface area contributed by atoms with Crippen molar-refractivity contribution in [3.63, 3.8) is 0 Å². The number of pyridine rings is 1. The van der Waals surface area contributed by atoms with Gasteiger partial charge in [-0.3, -0.25) is 0 Å². The number of aromatic nitrogens is 1. The second-order valence-electron chi connectivity index (χ2n) is 2.44. The Morgan fingerprint density at radius 1 is 1.58 bits per heavy atom. The third kappa shape index (κ3) is 1.13. The molecular weight excluding hydrogens is 222 g/mol. The van der Waals surface area contributed by atoms with Crippen LogP contribution in [0.3, 0.4) is 0 Å². The normalized spacial score (nSPS) is 10.8. The Morgan fingerprint density at radius 3 is 3.17 bits per heavy atom. The molecule has 0 radical (unpaired) electrons. The lowest BCUT2D eigenvalue weighted by Crippen LogP contribution is -1.83. The summed E-state index contributed by atoms with van der Waals surface area (Å²) in [6.07, 6.45) is 3.18. The molecule has 2 aromatic rings. The minimum Gasteiger partial charge on any atom is -0.445 e. The molecule has 2 aromatic heterocycles. The van der Waals surface area contributed by atoms with Gasteiger partial charge in [-0.05, 0) is 27.6 Å². The zero-order chi connectivity index (χ0) is 8.55. The van der Waals surface area contributed by atoms with Crippen LogP contribution in [0.25, 0.3) is 11.1 Å². The van der Waals surface area contributed by atoms with Crippen LogP contribution in [0.4, 0.5) is 0 Å². The van der Waals surface area contributed by atoms with Crippen molar-refractivity contribution < 1.29 is 9.52 Å². The van der Waals surface area contributed by atoms with E-state index in [9.17, 15) is 0 Å². The molecule has 0 aliphatic heterocycles. The molecule has 0 saturated heterocycles. The summed E-state index contributed by atoms with van der Waals surface area (Å²) in [5.41, 5.74) is 1.36. The van der Waals surface area contributed by atoms with Gasteiger partial charge >= 0.3 is 0 Å². The lowest BCUT2D eigenvalue weighted by molar-refractivity contribution is 0.281. The van der Waals surface area contributed by atoms with Crippen LogP contribution < -0.4 is 0 Å². The Hall–Kier alpha value is -0.870. The molecule has 2 heterocycles. The number of furan rings is 1. The highest BCUT2D eigenvalue weighted by Gasteiger charge is 2.04. The smallest absolute Gasteiger partial charge is 0.227 e. The number of aliphatic hydroxyl groups is 1. The molecule has 0 saturated carbocycles. The van der Waals surface area contributed by atoms with E-state index in [0.29, 0.717) is 5.71 Å². The van der Waals surface area contributed by atoms with Gasteiger partial charge in [0, 0.05) is 6.20 Å². The molecule has 2 rings (SSSR count). The standard InChI is InChI=1S/C8H6BrNO2/c9-7-4-12-8-6(7)1-5(3-11)2-10-8/h1-2,4,11H,3H2. The number of rotatable bonds is 1. The van der Waals surface area contributed by atoms with Crippen molar-refractivity contribution in [1.82, 2.24) is 4.98 Å². The number of aliphatic hydroxyl groups excluding tert-OH is 1. The van der Waals surface area contributed by atoms with Gasteiger partial charge in [-0.1, -0.05) is 0 Å². The molecule has 62 valence electrons. The molecule has 0 spiro atoms. The van der Waals surface area contributed by atoms with E-state index in [1.54, 1.807) is 12.5 Å². The van der Waals surface area contributed by atoms with Gasteiger partial charge in [0.15, 0.2) is 0 Å². The van der Waals surface area contributed by atoms with E-state index in [0.717, 1.165) is 15.4 Å². The van der Waals surface area contributed by atoms with E-state index >= 15 is 0 Å². The van der Waals surface area contributed by atoms with Crippen LogP contribution in [0.1, 0.15) is 5.56 Å². The minimum atomic E-state index is 0.000556. The van der Waals surface area contributed by atoms with Gasteiger partial charge in [0.25, 0.3) is 0 Å². The zero-order valence-electron chi connectivity index (χ0n) is 6.12. The third-order valence-electron chi connectivity index (χ3n) is 1.62. The van der Waals surface area contributed by atoms with Crippen molar-refractivity contribution in [2.75, 3.05) is 0 Å². The summed E-state index contributed by atoms with van der Waals surface area (Å²) in [7, 11) is 0. The third-order valence-corrected chi connectivity index (χ3v) is 2.24. The predicted octanol–water partition coefficient (Wildman–Crippen LogP) is 2.08. The summed E-state index contributed by atoms with van der Waals surface area (Å²) in [4.78, 5) is 4.02. The van der Waals surface area contributed by atoms with E-state index in [1.807, 2.05) is 6.07 Å². The Bertz CT molecular complexity index is 410. The fraction of sp³-hybridized carbons (Fsp3) is 0.125. The number of hydrogen-bond donors (Lipinski definition) is 1. The second kappa shape index (κ2) is 2.88. The van der Waals surface area contributed by atoms with Gasteiger partial charge in [0.2, 0.25) is 5.71 Å². The average Bonchev–Trinajstić information content (AvgIpc) is 2.47. The van der Waals surface area contributed by atoms with Crippen LogP contribution in [0, 0.1) is 0 Å². The SMILES string of the molecule is OCc1cnc2occ(Br)c2c1. The minimum absolute atomic E-state index is 0.000556. The summed E-state index contributed by atoms with van der Waals surface area (Å²) in [6, 6.07) is 1.84. The molecule has 0 unspecified atom stereocenters. The van der Waals surface area contributed by atoms with Crippen LogP contribution in [-0.4, -0.2) is 10.1 Å².